The molecule has 0 radical (unpaired) electrons. The van der Waals surface area contributed by atoms with E-state index in [0.29, 0.717) is 22.5 Å². The van der Waals surface area contributed by atoms with Crippen molar-refractivity contribution in [1.82, 2.24) is 10.3 Å². The molecule has 0 saturated carbocycles. The predicted molar refractivity (Wildman–Crippen MR) is 94.0 cm³/mol. The summed E-state index contributed by atoms with van der Waals surface area (Å²) in [7, 11) is 0. The third-order valence-corrected chi connectivity index (χ3v) is 4.91. The van der Waals surface area contributed by atoms with Crippen LogP contribution in [0.1, 0.15) is 15.4 Å². The van der Waals surface area contributed by atoms with E-state index in [9.17, 15) is 4.79 Å². The van der Waals surface area contributed by atoms with Gasteiger partial charge in [-0.05, 0) is 37.6 Å². The van der Waals surface area contributed by atoms with Crippen molar-refractivity contribution in [2.45, 2.75) is 19.9 Å². The van der Waals surface area contributed by atoms with E-state index in [1.54, 1.807) is 24.3 Å². The molecule has 0 spiro atoms. The van der Waals surface area contributed by atoms with Crippen molar-refractivity contribution in [3.63, 3.8) is 0 Å². The Labute approximate surface area is 138 Å². The molecule has 0 unspecified atom stereocenters. The molecule has 3 nitrogen and oxygen atoms in total. The molecule has 22 heavy (non-hydrogen) atoms. The number of fused-ring (bicyclic) bond motifs is 1. The molecule has 0 fully saturated rings. The number of nitrogens with one attached hydrogen (secondary N) is 2. The zero-order valence-corrected chi connectivity index (χ0v) is 13.9. The average molecular weight is 333 g/mol. The third-order valence-electron chi connectivity index (χ3n) is 3.53. The number of rotatable bonds is 5. The third kappa shape index (κ3) is 3.40. The minimum atomic E-state index is 0.00179. The van der Waals surface area contributed by atoms with E-state index in [1.807, 2.05) is 11.3 Å². The molecule has 0 amide bonds. The van der Waals surface area contributed by atoms with E-state index in [2.05, 4.69) is 29.4 Å². The smallest absolute Gasteiger partial charge is 0.189 e. The van der Waals surface area contributed by atoms with E-state index in [0.717, 1.165) is 18.7 Å². The second kappa shape index (κ2) is 6.65. The minimum Gasteiger partial charge on any atom is -0.356 e. The first-order valence-electron chi connectivity index (χ1n) is 7.20. The number of aryl methyl sites for hydroxylation is 1. The highest BCUT2D eigenvalue weighted by molar-refractivity contribution is 7.11. The standard InChI is InChI=1S/C17H17ClN2OS/c1-11-5-6-13(22-11)7-8-19-10-12-9-16(21)14-3-2-4-15(18)17(14)20-12/h2-6,9,19H,7-8,10H2,1H3,(H,20,21). The molecule has 2 N–H and O–H groups in total. The maximum absolute atomic E-state index is 12.1. The molecule has 5 heteroatoms. The van der Waals surface area contributed by atoms with E-state index >= 15 is 0 Å². The van der Waals surface area contributed by atoms with Crippen LogP contribution in [-0.2, 0) is 13.0 Å². The lowest BCUT2D eigenvalue weighted by molar-refractivity contribution is 0.679. The molecule has 0 aliphatic heterocycles. The first-order chi connectivity index (χ1) is 10.6. The van der Waals surface area contributed by atoms with Crippen molar-refractivity contribution in [2.75, 3.05) is 6.54 Å². The Morgan fingerprint density at radius 3 is 2.91 bits per heavy atom. The maximum Gasteiger partial charge on any atom is 0.189 e. The first kappa shape index (κ1) is 15.3. The van der Waals surface area contributed by atoms with Gasteiger partial charge in [-0.2, -0.15) is 0 Å². The molecule has 0 aliphatic carbocycles. The average Bonchev–Trinajstić information content (AvgIpc) is 2.90. The number of H-pyrrole nitrogens is 1. The number of hydrogen-bond donors (Lipinski definition) is 2. The lowest BCUT2D eigenvalue weighted by atomic mass is 10.2. The fourth-order valence-corrected chi connectivity index (χ4v) is 3.55. The minimum absolute atomic E-state index is 0.00179. The zero-order chi connectivity index (χ0) is 15.5. The number of aromatic amines is 1. The molecule has 0 aliphatic rings. The van der Waals surface area contributed by atoms with Crippen molar-refractivity contribution in [2.24, 2.45) is 0 Å². The Balaban J connectivity index is 1.66. The first-order valence-corrected chi connectivity index (χ1v) is 8.39. The van der Waals surface area contributed by atoms with Crippen molar-refractivity contribution >= 4 is 33.8 Å². The molecular weight excluding hydrogens is 316 g/mol. The summed E-state index contributed by atoms with van der Waals surface area (Å²) in [5.41, 5.74) is 1.57. The zero-order valence-electron chi connectivity index (χ0n) is 12.3. The van der Waals surface area contributed by atoms with Crippen LogP contribution in [0.15, 0.2) is 41.2 Å². The summed E-state index contributed by atoms with van der Waals surface area (Å²) in [6, 6.07) is 11.3. The van der Waals surface area contributed by atoms with Gasteiger partial charge in [-0.15, -0.1) is 11.3 Å². The highest BCUT2D eigenvalue weighted by atomic mass is 35.5. The molecule has 0 atom stereocenters. The largest absolute Gasteiger partial charge is 0.356 e. The molecule has 2 aromatic heterocycles. The van der Waals surface area contributed by atoms with Crippen LogP contribution in [0.2, 0.25) is 5.02 Å². The van der Waals surface area contributed by atoms with Crippen LogP contribution < -0.4 is 10.7 Å². The number of para-hydroxylation sites is 1. The van der Waals surface area contributed by atoms with Crippen LogP contribution in [0.5, 0.6) is 0 Å². The quantitative estimate of drug-likeness (QED) is 0.696. The predicted octanol–water partition coefficient (Wildman–Crippen LogP) is 3.88. The van der Waals surface area contributed by atoms with Crippen molar-refractivity contribution in [1.29, 1.82) is 0 Å². The summed E-state index contributed by atoms with van der Waals surface area (Å²) in [6.45, 7) is 3.62. The van der Waals surface area contributed by atoms with E-state index in [1.165, 1.54) is 9.75 Å². The van der Waals surface area contributed by atoms with E-state index in [-0.39, 0.29) is 5.43 Å². The summed E-state index contributed by atoms with van der Waals surface area (Å²) in [5, 5.41) is 4.57. The SMILES string of the molecule is Cc1ccc(CCNCc2cc(=O)c3cccc(Cl)c3[nH]2)s1. The normalized spacial score (nSPS) is 11.2. The Morgan fingerprint density at radius 1 is 1.27 bits per heavy atom. The van der Waals surface area contributed by atoms with E-state index in [4.69, 9.17) is 11.6 Å². The van der Waals surface area contributed by atoms with Gasteiger partial charge in [-0.1, -0.05) is 17.7 Å². The molecule has 3 aromatic rings. The van der Waals surface area contributed by atoms with E-state index < -0.39 is 0 Å². The van der Waals surface area contributed by atoms with Gasteiger partial charge in [0.2, 0.25) is 0 Å². The molecule has 0 bridgehead atoms. The summed E-state index contributed by atoms with van der Waals surface area (Å²) in [4.78, 5) is 18.1. The van der Waals surface area contributed by atoms with Gasteiger partial charge in [0.1, 0.15) is 0 Å². The van der Waals surface area contributed by atoms with Crippen LogP contribution >= 0.6 is 22.9 Å². The van der Waals surface area contributed by atoms with Gasteiger partial charge in [0, 0.05) is 40.0 Å². The number of thiophene rings is 1. The number of aromatic nitrogens is 1. The summed E-state index contributed by atoms with van der Waals surface area (Å²) >= 11 is 7.98. The summed E-state index contributed by atoms with van der Waals surface area (Å²) in [5.74, 6) is 0. The summed E-state index contributed by atoms with van der Waals surface area (Å²) in [6.07, 6.45) is 0.997. The van der Waals surface area contributed by atoms with Gasteiger partial charge in [0.05, 0.1) is 10.5 Å². The molecule has 0 saturated heterocycles. The van der Waals surface area contributed by atoms with Gasteiger partial charge < -0.3 is 10.3 Å². The van der Waals surface area contributed by atoms with Gasteiger partial charge in [0.25, 0.3) is 0 Å². The maximum atomic E-state index is 12.1. The van der Waals surface area contributed by atoms with Crippen molar-refractivity contribution in [3.05, 3.63) is 67.1 Å². The van der Waals surface area contributed by atoms with Crippen LogP contribution in [0, 0.1) is 6.92 Å². The van der Waals surface area contributed by atoms with Crippen molar-refractivity contribution in [3.8, 4) is 0 Å². The number of halogens is 1. The fourth-order valence-electron chi connectivity index (χ4n) is 2.44. The highest BCUT2D eigenvalue weighted by Gasteiger charge is 2.05. The Morgan fingerprint density at radius 2 is 2.14 bits per heavy atom. The van der Waals surface area contributed by atoms with Crippen LogP contribution in [0.4, 0.5) is 0 Å². The van der Waals surface area contributed by atoms with Crippen molar-refractivity contribution < 1.29 is 0 Å². The highest BCUT2D eigenvalue weighted by Crippen LogP contribution is 2.19. The number of pyridine rings is 1. The van der Waals surface area contributed by atoms with Crippen LogP contribution in [0.3, 0.4) is 0 Å². The Hall–Kier alpha value is -1.62. The molecule has 1 aromatic carbocycles. The topological polar surface area (TPSA) is 44.9 Å². The number of benzene rings is 1. The van der Waals surface area contributed by atoms with Gasteiger partial charge in [0.15, 0.2) is 5.43 Å². The monoisotopic (exact) mass is 332 g/mol. The van der Waals surface area contributed by atoms with Crippen LogP contribution in [-0.4, -0.2) is 11.5 Å². The molecule has 3 rings (SSSR count). The molecular formula is C17H17ClN2OS. The lowest BCUT2D eigenvalue weighted by Gasteiger charge is -2.07. The van der Waals surface area contributed by atoms with Gasteiger partial charge >= 0.3 is 0 Å². The molecule has 114 valence electrons. The van der Waals surface area contributed by atoms with Crippen LogP contribution in [0.25, 0.3) is 10.9 Å². The Bertz CT molecular complexity index is 853. The fraction of sp³-hybridized carbons (Fsp3) is 0.235. The second-order valence-corrected chi connectivity index (χ2v) is 7.04. The molecule has 2 heterocycles. The second-order valence-electron chi connectivity index (χ2n) is 5.26. The Kier molecular flexibility index (Phi) is 4.62. The van der Waals surface area contributed by atoms with Gasteiger partial charge in [-0.25, -0.2) is 0 Å². The number of hydrogen-bond acceptors (Lipinski definition) is 3. The lowest BCUT2D eigenvalue weighted by Crippen LogP contribution is -2.18. The summed E-state index contributed by atoms with van der Waals surface area (Å²) < 4.78 is 0. The van der Waals surface area contributed by atoms with Gasteiger partial charge in [-0.3, -0.25) is 4.79 Å².